The molecule has 1 aliphatic heterocycles. The SMILES string of the molecule is CCOC(=O)/C(=C/c1ccccc1N)O[C@H]1O[C@@H](COC(C)=O)[C@H](OC(C)=O)[C@@H](OC(C)=O)[C@@H]1OC(C)=O. The van der Waals surface area contributed by atoms with Gasteiger partial charge in [-0.2, -0.15) is 0 Å². The van der Waals surface area contributed by atoms with Gasteiger partial charge in [0, 0.05) is 38.9 Å². The van der Waals surface area contributed by atoms with E-state index >= 15 is 0 Å². The fraction of sp³-hybridized carbons (Fsp3) is 0.480. The molecular weight excluding hydrogens is 506 g/mol. The van der Waals surface area contributed by atoms with E-state index in [1.54, 1.807) is 31.2 Å². The van der Waals surface area contributed by atoms with Crippen molar-refractivity contribution in [2.45, 2.75) is 65.3 Å². The highest BCUT2D eigenvalue weighted by atomic mass is 16.7. The van der Waals surface area contributed by atoms with Crippen LogP contribution < -0.4 is 5.73 Å². The molecule has 13 heteroatoms. The average Bonchev–Trinajstić information content (AvgIpc) is 2.81. The average molecular weight is 538 g/mol. The molecule has 1 fully saturated rings. The number of esters is 5. The lowest BCUT2D eigenvalue weighted by atomic mass is 9.98. The monoisotopic (exact) mass is 537 g/mol. The third kappa shape index (κ3) is 8.76. The van der Waals surface area contributed by atoms with E-state index in [-0.39, 0.29) is 12.4 Å². The summed E-state index contributed by atoms with van der Waals surface area (Å²) in [5.41, 5.74) is 6.72. The van der Waals surface area contributed by atoms with Crippen molar-refractivity contribution in [3.8, 4) is 0 Å². The predicted molar refractivity (Wildman–Crippen MR) is 129 cm³/mol. The number of ether oxygens (including phenoxy) is 7. The lowest BCUT2D eigenvalue weighted by Crippen LogP contribution is -2.63. The maximum absolute atomic E-state index is 12.8. The first-order valence-corrected chi connectivity index (χ1v) is 11.6. The molecule has 0 amide bonds. The van der Waals surface area contributed by atoms with Crippen LogP contribution in [0.5, 0.6) is 0 Å². The Morgan fingerprint density at radius 3 is 1.95 bits per heavy atom. The van der Waals surface area contributed by atoms with Crippen LogP contribution in [0.3, 0.4) is 0 Å². The normalized spacial score (nSPS) is 23.0. The number of carbonyl (C=O) groups is 5. The minimum atomic E-state index is -1.61. The van der Waals surface area contributed by atoms with Gasteiger partial charge in [0.1, 0.15) is 12.7 Å². The number of rotatable bonds is 10. The first-order chi connectivity index (χ1) is 17.9. The Morgan fingerprint density at radius 2 is 1.39 bits per heavy atom. The van der Waals surface area contributed by atoms with Gasteiger partial charge in [-0.3, -0.25) is 19.2 Å². The van der Waals surface area contributed by atoms with E-state index in [1.807, 2.05) is 0 Å². The van der Waals surface area contributed by atoms with Gasteiger partial charge >= 0.3 is 29.8 Å². The molecule has 13 nitrogen and oxygen atoms in total. The molecule has 2 N–H and O–H groups in total. The summed E-state index contributed by atoms with van der Waals surface area (Å²) >= 11 is 0. The lowest BCUT2D eigenvalue weighted by molar-refractivity contribution is -0.299. The Labute approximate surface area is 219 Å². The molecule has 1 saturated heterocycles. The molecule has 0 unspecified atom stereocenters. The van der Waals surface area contributed by atoms with E-state index in [9.17, 15) is 24.0 Å². The van der Waals surface area contributed by atoms with E-state index in [2.05, 4.69) is 0 Å². The van der Waals surface area contributed by atoms with Crippen LogP contribution in [0.2, 0.25) is 0 Å². The standard InChI is InChI=1S/C25H31NO12/c1-6-32-24(31)19(11-17-9-7-8-10-18(17)26)37-25-23(36-16(5)30)22(35-15(4)29)21(34-14(3)28)20(38-25)12-33-13(2)27/h7-11,20-23,25H,6,12,26H2,1-5H3/b19-11-/t20-,21-,22+,23-,25-/m0/s1. The Morgan fingerprint density at radius 1 is 0.816 bits per heavy atom. The number of nitrogen functional groups attached to an aromatic ring is 1. The summed E-state index contributed by atoms with van der Waals surface area (Å²) in [7, 11) is 0. The topological polar surface area (TPSA) is 176 Å². The highest BCUT2D eigenvalue weighted by Crippen LogP contribution is 2.31. The van der Waals surface area contributed by atoms with Crippen LogP contribution in [0.1, 0.15) is 40.2 Å². The fourth-order valence-corrected chi connectivity index (χ4v) is 3.54. The van der Waals surface area contributed by atoms with Gasteiger partial charge < -0.3 is 38.9 Å². The number of nitrogens with two attached hydrogens (primary N) is 1. The number of para-hydroxylation sites is 1. The molecule has 1 aliphatic rings. The van der Waals surface area contributed by atoms with Crippen molar-refractivity contribution in [2.75, 3.05) is 18.9 Å². The molecule has 0 radical (unpaired) electrons. The molecule has 0 bridgehead atoms. The van der Waals surface area contributed by atoms with E-state index in [4.69, 9.17) is 38.9 Å². The van der Waals surface area contributed by atoms with Gasteiger partial charge in [-0.1, -0.05) is 18.2 Å². The molecular formula is C25H31NO12. The van der Waals surface area contributed by atoms with Crippen LogP contribution in [0, 0.1) is 0 Å². The predicted octanol–water partition coefficient (Wildman–Crippen LogP) is 1.27. The van der Waals surface area contributed by atoms with E-state index < -0.39 is 67.2 Å². The van der Waals surface area contributed by atoms with E-state index in [1.165, 1.54) is 6.08 Å². The van der Waals surface area contributed by atoms with Gasteiger partial charge in [0.05, 0.1) is 6.61 Å². The smallest absolute Gasteiger partial charge is 0.373 e. The summed E-state index contributed by atoms with van der Waals surface area (Å²) in [5.74, 6) is -4.37. The third-order valence-electron chi connectivity index (χ3n) is 4.95. The molecule has 1 heterocycles. The Balaban J connectivity index is 2.59. The second-order valence-electron chi connectivity index (χ2n) is 8.04. The maximum atomic E-state index is 12.8. The minimum Gasteiger partial charge on any atom is -0.463 e. The van der Waals surface area contributed by atoms with Crippen molar-refractivity contribution in [3.63, 3.8) is 0 Å². The lowest BCUT2D eigenvalue weighted by Gasteiger charge is -2.43. The zero-order valence-electron chi connectivity index (χ0n) is 21.7. The Hall–Kier alpha value is -4.13. The highest BCUT2D eigenvalue weighted by Gasteiger charge is 2.53. The molecule has 0 aliphatic carbocycles. The van der Waals surface area contributed by atoms with Gasteiger partial charge in [0.2, 0.25) is 18.2 Å². The van der Waals surface area contributed by atoms with Gasteiger partial charge in [-0.15, -0.1) is 0 Å². The number of anilines is 1. The molecule has 1 aromatic carbocycles. The molecule has 5 atom stereocenters. The first kappa shape index (κ1) is 30.1. The van der Waals surface area contributed by atoms with Crippen molar-refractivity contribution in [3.05, 3.63) is 35.6 Å². The quantitative estimate of drug-likeness (QED) is 0.149. The minimum absolute atomic E-state index is 0.00236. The zero-order valence-corrected chi connectivity index (χ0v) is 21.7. The molecule has 2 rings (SSSR count). The van der Waals surface area contributed by atoms with Gasteiger partial charge in [-0.25, -0.2) is 4.79 Å². The van der Waals surface area contributed by atoms with Gasteiger partial charge in [-0.05, 0) is 19.1 Å². The van der Waals surface area contributed by atoms with Gasteiger partial charge in [0.25, 0.3) is 0 Å². The molecule has 0 spiro atoms. The van der Waals surface area contributed by atoms with Crippen LogP contribution >= 0.6 is 0 Å². The van der Waals surface area contributed by atoms with Crippen LogP contribution in [0.4, 0.5) is 5.69 Å². The van der Waals surface area contributed by atoms with Crippen molar-refractivity contribution in [1.29, 1.82) is 0 Å². The molecule has 208 valence electrons. The summed E-state index contributed by atoms with van der Waals surface area (Å²) in [6.45, 7) is 5.55. The molecule has 0 aromatic heterocycles. The summed E-state index contributed by atoms with van der Waals surface area (Å²) in [5, 5.41) is 0. The van der Waals surface area contributed by atoms with E-state index in [0.29, 0.717) is 11.3 Å². The Bertz CT molecular complexity index is 1070. The first-order valence-electron chi connectivity index (χ1n) is 11.6. The maximum Gasteiger partial charge on any atom is 0.373 e. The van der Waals surface area contributed by atoms with Crippen LogP contribution in [0.15, 0.2) is 30.0 Å². The van der Waals surface area contributed by atoms with Crippen molar-refractivity contribution in [2.24, 2.45) is 0 Å². The van der Waals surface area contributed by atoms with Crippen LogP contribution in [-0.2, 0) is 57.1 Å². The molecule has 1 aromatic rings. The summed E-state index contributed by atoms with van der Waals surface area (Å²) in [6, 6.07) is 6.59. The second-order valence-corrected chi connectivity index (χ2v) is 8.04. The fourth-order valence-electron chi connectivity index (χ4n) is 3.54. The van der Waals surface area contributed by atoms with Crippen molar-refractivity contribution < 1.29 is 57.1 Å². The zero-order chi connectivity index (χ0) is 28.4. The largest absolute Gasteiger partial charge is 0.463 e. The van der Waals surface area contributed by atoms with Crippen molar-refractivity contribution in [1.82, 2.24) is 0 Å². The molecule has 0 saturated carbocycles. The summed E-state index contributed by atoms with van der Waals surface area (Å²) < 4.78 is 37.9. The second kappa shape index (κ2) is 14.0. The Kier molecular flexibility index (Phi) is 11.1. The third-order valence-corrected chi connectivity index (χ3v) is 4.95. The number of carbonyl (C=O) groups excluding carboxylic acids is 5. The van der Waals surface area contributed by atoms with Crippen LogP contribution in [-0.4, -0.2) is 73.8 Å². The summed E-state index contributed by atoms with van der Waals surface area (Å²) in [4.78, 5) is 60.1. The summed E-state index contributed by atoms with van der Waals surface area (Å²) in [6.07, 6.45) is -5.95. The highest BCUT2D eigenvalue weighted by molar-refractivity contribution is 5.92. The van der Waals surface area contributed by atoms with Gasteiger partial charge in [0.15, 0.2) is 12.2 Å². The number of hydrogen-bond donors (Lipinski definition) is 1. The van der Waals surface area contributed by atoms with Crippen LogP contribution in [0.25, 0.3) is 6.08 Å². The molecule has 38 heavy (non-hydrogen) atoms. The van der Waals surface area contributed by atoms with Crippen molar-refractivity contribution >= 4 is 41.6 Å². The van der Waals surface area contributed by atoms with E-state index in [0.717, 1.165) is 27.7 Å². The number of benzene rings is 1. The number of hydrogen-bond acceptors (Lipinski definition) is 13.